The number of aliphatic imine (C=N–C) groups is 1. The Morgan fingerprint density at radius 3 is 2.50 bits per heavy atom. The molecule has 28 heavy (non-hydrogen) atoms. The second-order valence-electron chi connectivity index (χ2n) is 5.91. The molecular weight excluding hydrogens is 506 g/mol. The molecule has 0 saturated heterocycles. The van der Waals surface area contributed by atoms with E-state index in [1.165, 1.54) is 0 Å². The normalized spacial score (nSPS) is 11.0. The Hall–Kier alpha value is -1.82. The Morgan fingerprint density at radius 1 is 1.00 bits per heavy atom. The summed E-state index contributed by atoms with van der Waals surface area (Å²) in [7, 11) is 0. The van der Waals surface area contributed by atoms with Crippen molar-refractivity contribution in [3.05, 3.63) is 85.8 Å². The van der Waals surface area contributed by atoms with E-state index in [0.29, 0.717) is 18.2 Å². The van der Waals surface area contributed by atoms with E-state index in [1.54, 1.807) is 6.21 Å². The molecule has 0 aliphatic rings. The molecule has 0 unspecified atom stereocenters. The highest BCUT2D eigenvalue weighted by Gasteiger charge is 2.10. The smallest absolute Gasteiger partial charge is 0.142 e. The predicted octanol–water partition coefficient (Wildman–Crippen LogP) is 7.59. The van der Waals surface area contributed by atoms with Crippen LogP contribution in [-0.2, 0) is 6.61 Å². The van der Waals surface area contributed by atoms with E-state index in [4.69, 9.17) is 21.1 Å². The van der Waals surface area contributed by atoms with E-state index < -0.39 is 0 Å². The summed E-state index contributed by atoms with van der Waals surface area (Å²) >= 11 is 13.2. The van der Waals surface area contributed by atoms with Gasteiger partial charge in [-0.2, -0.15) is 0 Å². The molecular formula is C22H18Br2ClNO2. The SMILES string of the molecule is CCOc1ccc(N=Cc2cc(Br)cc(Br)c2OCc2cccc(Cl)c2)cc1. The Labute approximate surface area is 186 Å². The van der Waals surface area contributed by atoms with Gasteiger partial charge in [-0.3, -0.25) is 4.99 Å². The van der Waals surface area contributed by atoms with Gasteiger partial charge in [0.2, 0.25) is 0 Å². The average Bonchev–Trinajstić information content (AvgIpc) is 2.67. The molecule has 0 radical (unpaired) electrons. The van der Waals surface area contributed by atoms with Gasteiger partial charge in [-0.25, -0.2) is 0 Å². The van der Waals surface area contributed by atoms with Gasteiger partial charge in [0.05, 0.1) is 16.8 Å². The van der Waals surface area contributed by atoms with Gasteiger partial charge in [0.25, 0.3) is 0 Å². The van der Waals surface area contributed by atoms with E-state index in [-0.39, 0.29) is 0 Å². The highest BCUT2D eigenvalue weighted by Crippen LogP contribution is 2.33. The van der Waals surface area contributed by atoms with E-state index >= 15 is 0 Å². The van der Waals surface area contributed by atoms with Crippen LogP contribution in [0.4, 0.5) is 5.69 Å². The number of rotatable bonds is 7. The summed E-state index contributed by atoms with van der Waals surface area (Å²) in [6.45, 7) is 3.01. The van der Waals surface area contributed by atoms with Gasteiger partial charge >= 0.3 is 0 Å². The van der Waals surface area contributed by atoms with Crippen molar-refractivity contribution in [2.75, 3.05) is 6.61 Å². The van der Waals surface area contributed by atoms with E-state index in [2.05, 4.69) is 36.9 Å². The van der Waals surface area contributed by atoms with Crippen LogP contribution >= 0.6 is 43.5 Å². The third-order valence-corrected chi connectivity index (χ3v) is 5.09. The summed E-state index contributed by atoms with van der Waals surface area (Å²) in [4.78, 5) is 4.57. The standard InChI is InChI=1S/C22H18Br2ClNO2/c1-2-27-20-8-6-19(7-9-20)26-13-16-11-17(23)12-21(24)22(16)28-14-15-4-3-5-18(25)10-15/h3-13H,2,14H2,1H3. The lowest BCUT2D eigenvalue weighted by Crippen LogP contribution is -1.99. The first-order valence-electron chi connectivity index (χ1n) is 8.68. The summed E-state index contributed by atoms with van der Waals surface area (Å²) in [5, 5.41) is 0.688. The fraction of sp³-hybridized carbons (Fsp3) is 0.136. The van der Waals surface area contributed by atoms with Gasteiger partial charge in [0.15, 0.2) is 0 Å². The van der Waals surface area contributed by atoms with Crippen molar-refractivity contribution in [2.45, 2.75) is 13.5 Å². The van der Waals surface area contributed by atoms with Crippen LogP contribution in [0.5, 0.6) is 11.5 Å². The molecule has 0 aliphatic carbocycles. The minimum Gasteiger partial charge on any atom is -0.494 e. The number of nitrogens with zero attached hydrogens (tertiary/aromatic N) is 1. The lowest BCUT2D eigenvalue weighted by molar-refractivity contribution is 0.304. The van der Waals surface area contributed by atoms with Gasteiger partial charge in [0, 0.05) is 21.3 Å². The van der Waals surface area contributed by atoms with Crippen LogP contribution in [0.1, 0.15) is 18.1 Å². The molecule has 3 rings (SSSR count). The first kappa shape index (κ1) is 20.9. The minimum absolute atomic E-state index is 0.407. The summed E-state index contributed by atoms with van der Waals surface area (Å²) in [6.07, 6.45) is 1.79. The topological polar surface area (TPSA) is 30.8 Å². The van der Waals surface area contributed by atoms with Crippen molar-refractivity contribution in [3.8, 4) is 11.5 Å². The third-order valence-electron chi connectivity index (χ3n) is 3.81. The maximum Gasteiger partial charge on any atom is 0.142 e. The number of hydrogen-bond donors (Lipinski definition) is 0. The van der Waals surface area contributed by atoms with Crippen molar-refractivity contribution in [2.24, 2.45) is 4.99 Å². The Balaban J connectivity index is 1.81. The molecule has 0 amide bonds. The Kier molecular flexibility index (Phi) is 7.54. The molecule has 0 bridgehead atoms. The second-order valence-corrected chi connectivity index (χ2v) is 8.12. The number of ether oxygens (including phenoxy) is 2. The average molecular weight is 524 g/mol. The van der Waals surface area contributed by atoms with Gasteiger partial charge in [-0.1, -0.05) is 39.7 Å². The summed E-state index contributed by atoms with van der Waals surface area (Å²) in [6, 6.07) is 19.2. The van der Waals surface area contributed by atoms with Crippen LogP contribution in [0.3, 0.4) is 0 Å². The molecule has 3 aromatic rings. The van der Waals surface area contributed by atoms with Crippen LogP contribution in [0.2, 0.25) is 5.02 Å². The molecule has 0 spiro atoms. The van der Waals surface area contributed by atoms with Gasteiger partial charge in [-0.15, -0.1) is 0 Å². The molecule has 0 aromatic heterocycles. The van der Waals surface area contributed by atoms with Crippen molar-refractivity contribution in [3.63, 3.8) is 0 Å². The molecule has 144 valence electrons. The van der Waals surface area contributed by atoms with Gasteiger partial charge in [0.1, 0.15) is 18.1 Å². The zero-order valence-corrected chi connectivity index (χ0v) is 19.1. The highest BCUT2D eigenvalue weighted by atomic mass is 79.9. The van der Waals surface area contributed by atoms with Crippen LogP contribution in [-0.4, -0.2) is 12.8 Å². The summed E-state index contributed by atoms with van der Waals surface area (Å²) < 4.78 is 13.3. The summed E-state index contributed by atoms with van der Waals surface area (Å²) in [5.41, 5.74) is 2.69. The van der Waals surface area contributed by atoms with Crippen LogP contribution < -0.4 is 9.47 Å². The number of hydrogen-bond acceptors (Lipinski definition) is 3. The quantitative estimate of drug-likeness (QED) is 0.299. The van der Waals surface area contributed by atoms with Crippen molar-refractivity contribution >= 4 is 55.4 Å². The van der Waals surface area contributed by atoms with Crippen molar-refractivity contribution in [1.29, 1.82) is 0 Å². The maximum absolute atomic E-state index is 6.07. The number of benzene rings is 3. The van der Waals surface area contributed by atoms with Gasteiger partial charge < -0.3 is 9.47 Å². The number of halogens is 3. The maximum atomic E-state index is 6.07. The third kappa shape index (κ3) is 5.84. The van der Waals surface area contributed by atoms with Crippen LogP contribution in [0.25, 0.3) is 0 Å². The highest BCUT2D eigenvalue weighted by molar-refractivity contribution is 9.11. The van der Waals surface area contributed by atoms with E-state index in [9.17, 15) is 0 Å². The van der Waals surface area contributed by atoms with Crippen LogP contribution in [0.15, 0.2) is 74.6 Å². The first-order valence-corrected chi connectivity index (χ1v) is 10.6. The molecule has 0 N–H and O–H groups in total. The Morgan fingerprint density at radius 2 is 1.79 bits per heavy atom. The van der Waals surface area contributed by atoms with Gasteiger partial charge in [-0.05, 0) is 76.9 Å². The summed E-state index contributed by atoms with van der Waals surface area (Å²) in [5.74, 6) is 1.55. The molecule has 3 nitrogen and oxygen atoms in total. The predicted molar refractivity (Wildman–Crippen MR) is 122 cm³/mol. The molecule has 0 fully saturated rings. The fourth-order valence-corrected chi connectivity index (χ4v) is 4.14. The second kappa shape index (κ2) is 10.1. The van der Waals surface area contributed by atoms with E-state index in [1.807, 2.05) is 67.6 Å². The first-order chi connectivity index (χ1) is 13.5. The van der Waals surface area contributed by atoms with E-state index in [0.717, 1.165) is 37.3 Å². The van der Waals surface area contributed by atoms with Crippen molar-refractivity contribution in [1.82, 2.24) is 0 Å². The molecule has 0 aliphatic heterocycles. The fourth-order valence-electron chi connectivity index (χ4n) is 2.55. The lowest BCUT2D eigenvalue weighted by Gasteiger charge is -2.12. The minimum atomic E-state index is 0.407. The lowest BCUT2D eigenvalue weighted by atomic mass is 10.2. The van der Waals surface area contributed by atoms with Crippen LogP contribution in [0, 0.1) is 0 Å². The Bertz CT molecular complexity index is 975. The monoisotopic (exact) mass is 521 g/mol. The largest absolute Gasteiger partial charge is 0.494 e. The zero-order chi connectivity index (χ0) is 19.9. The molecule has 0 saturated carbocycles. The molecule has 6 heteroatoms. The molecule has 0 atom stereocenters. The zero-order valence-electron chi connectivity index (χ0n) is 15.2. The molecule has 3 aromatic carbocycles. The molecule has 0 heterocycles. The van der Waals surface area contributed by atoms with Crippen molar-refractivity contribution < 1.29 is 9.47 Å².